The predicted octanol–water partition coefficient (Wildman–Crippen LogP) is 4.12. The lowest BCUT2D eigenvalue weighted by molar-refractivity contribution is -0.179. The molecule has 2 saturated heterocycles. The molecule has 1 aromatic carbocycles. The van der Waals surface area contributed by atoms with E-state index < -0.39 is 27.2 Å². The van der Waals surface area contributed by atoms with Crippen LogP contribution in [0.4, 0.5) is 10.5 Å². The summed E-state index contributed by atoms with van der Waals surface area (Å²) in [6, 6.07) is 3.86. The average molecular weight is 465 g/mol. The minimum atomic E-state index is -2.56. The highest BCUT2D eigenvalue weighted by molar-refractivity contribution is 8.01. The molecule has 2 heterocycles. The van der Waals surface area contributed by atoms with Crippen LogP contribution in [-0.2, 0) is 23.9 Å². The molecule has 0 saturated carbocycles. The third-order valence-electron chi connectivity index (χ3n) is 5.82. The molecule has 1 aromatic rings. The zero-order valence-corrected chi connectivity index (χ0v) is 20.9. The summed E-state index contributed by atoms with van der Waals surface area (Å²) in [6.45, 7) is 12.0. The minimum absolute atomic E-state index is 0.404. The molecule has 1 amide bonds. The summed E-state index contributed by atoms with van der Waals surface area (Å²) in [7, 11) is -0.868. The average Bonchev–Trinajstić information content (AvgIpc) is 3.13. The molecular formula is C24H36N2O5S. The lowest BCUT2D eigenvalue weighted by Crippen LogP contribution is -2.46. The molecule has 32 heavy (non-hydrogen) atoms. The summed E-state index contributed by atoms with van der Waals surface area (Å²) >= 11 is 0. The zero-order valence-electron chi connectivity index (χ0n) is 20.1. The van der Waals surface area contributed by atoms with Gasteiger partial charge in [0.25, 0.3) is 0 Å². The van der Waals surface area contributed by atoms with Gasteiger partial charge in [-0.05, 0) is 75.4 Å². The van der Waals surface area contributed by atoms with Crippen LogP contribution in [0.3, 0.4) is 0 Å². The van der Waals surface area contributed by atoms with Crippen molar-refractivity contribution >= 4 is 33.4 Å². The molecule has 0 aliphatic carbocycles. The topological polar surface area (TPSA) is 68.3 Å². The van der Waals surface area contributed by atoms with Gasteiger partial charge in [-0.15, -0.1) is 0 Å². The van der Waals surface area contributed by atoms with Crippen molar-refractivity contribution in [1.29, 1.82) is 0 Å². The first-order valence-electron chi connectivity index (χ1n) is 11.0. The van der Waals surface area contributed by atoms with Crippen LogP contribution in [0.25, 0.3) is 6.08 Å². The first-order valence-corrected chi connectivity index (χ1v) is 12.7. The summed E-state index contributed by atoms with van der Waals surface area (Å²) in [6.07, 6.45) is 2.86. The molecule has 2 fully saturated rings. The van der Waals surface area contributed by atoms with Crippen molar-refractivity contribution in [3.8, 4) is 0 Å². The number of nitrogens with zero attached hydrogens (tertiary/aromatic N) is 2. The van der Waals surface area contributed by atoms with Gasteiger partial charge in [-0.2, -0.15) is 0 Å². The zero-order chi connectivity index (χ0) is 23.7. The second-order valence-electron chi connectivity index (χ2n) is 9.56. The monoisotopic (exact) mass is 464 g/mol. The fraction of sp³-hybridized carbons (Fsp3) is 0.583. The van der Waals surface area contributed by atoms with Crippen LogP contribution in [-0.4, -0.2) is 65.2 Å². The van der Waals surface area contributed by atoms with E-state index in [0.717, 1.165) is 22.4 Å². The van der Waals surface area contributed by atoms with Crippen molar-refractivity contribution in [2.45, 2.75) is 58.8 Å². The molecule has 0 radical (unpaired) electrons. The van der Waals surface area contributed by atoms with Gasteiger partial charge in [0.15, 0.2) is 5.79 Å². The van der Waals surface area contributed by atoms with Crippen LogP contribution in [0.1, 0.15) is 50.3 Å². The van der Waals surface area contributed by atoms with E-state index in [1.807, 2.05) is 57.1 Å². The summed E-state index contributed by atoms with van der Waals surface area (Å²) < 4.78 is 32.2. The predicted molar refractivity (Wildman–Crippen MR) is 130 cm³/mol. The van der Waals surface area contributed by atoms with Gasteiger partial charge in [-0.1, -0.05) is 0 Å². The normalized spacial score (nSPS) is 21.1. The van der Waals surface area contributed by atoms with E-state index in [2.05, 4.69) is 5.87 Å². The van der Waals surface area contributed by atoms with E-state index >= 15 is 0 Å². The maximum atomic E-state index is 13.3. The largest absolute Gasteiger partial charge is 0.443 e. The Bertz CT molecular complexity index is 955. The maximum Gasteiger partial charge on any atom is 0.414 e. The molecule has 0 aromatic heterocycles. The lowest BCUT2D eigenvalue weighted by Gasteiger charge is -2.38. The molecule has 0 N–H and O–H groups in total. The Morgan fingerprint density at radius 2 is 1.72 bits per heavy atom. The second-order valence-corrected chi connectivity index (χ2v) is 11.7. The number of hydrogen-bond acceptors (Lipinski definition) is 5. The fourth-order valence-corrected chi connectivity index (χ4v) is 5.35. The molecule has 1 atom stereocenters. The third kappa shape index (κ3) is 5.73. The van der Waals surface area contributed by atoms with E-state index in [0.29, 0.717) is 39.1 Å². The first-order chi connectivity index (χ1) is 14.8. The molecule has 0 bridgehead atoms. The highest BCUT2D eigenvalue weighted by atomic mass is 32.2. The second kappa shape index (κ2) is 9.17. The number of piperidine rings is 1. The third-order valence-corrected chi connectivity index (χ3v) is 7.62. The summed E-state index contributed by atoms with van der Waals surface area (Å²) in [5.41, 5.74) is 3.12. The van der Waals surface area contributed by atoms with Crippen LogP contribution < -0.4 is 4.90 Å². The number of hydrogen-bond donors (Lipinski definition) is 0. The van der Waals surface area contributed by atoms with Crippen LogP contribution >= 0.6 is 0 Å². The van der Waals surface area contributed by atoms with Crippen LogP contribution in [0.2, 0.25) is 0 Å². The Labute approximate surface area is 192 Å². The van der Waals surface area contributed by atoms with Crippen molar-refractivity contribution in [3.63, 3.8) is 0 Å². The van der Waals surface area contributed by atoms with Gasteiger partial charge in [0.2, 0.25) is 0 Å². The standard InChI is InChI=1S/C24H36N2O5S/c1-18-16-20(25(6)22(27)31-23(3,4)5)17-19(2)21(18)8-15-32(7,28)26-11-9-24(10-12-26)29-13-14-30-24/h8,15-17H,7,9-14H2,1-6H3/b15-8+. The maximum absolute atomic E-state index is 13.3. The lowest BCUT2D eigenvalue weighted by atomic mass is 10.0. The quantitative estimate of drug-likeness (QED) is 0.627. The number of amides is 1. The molecule has 1 unspecified atom stereocenters. The highest BCUT2D eigenvalue weighted by Crippen LogP contribution is 2.32. The Kier molecular flexibility index (Phi) is 7.10. The summed E-state index contributed by atoms with van der Waals surface area (Å²) in [5.74, 6) is 3.50. The SMILES string of the molecule is C=S(=O)(/C=C/c1c(C)cc(N(C)C(=O)OC(C)(C)C)cc1C)N1CCC2(CC1)OCCO2. The molecule has 178 valence electrons. The van der Waals surface area contributed by atoms with Gasteiger partial charge < -0.3 is 14.2 Å². The van der Waals surface area contributed by atoms with E-state index in [4.69, 9.17) is 14.2 Å². The number of benzene rings is 1. The van der Waals surface area contributed by atoms with Gasteiger partial charge in [0.1, 0.15) is 5.60 Å². The Balaban J connectivity index is 1.72. The Morgan fingerprint density at radius 3 is 2.22 bits per heavy atom. The molecule has 1 spiro atoms. The summed E-state index contributed by atoms with van der Waals surface area (Å²) in [5, 5.41) is 1.70. The fourth-order valence-electron chi connectivity index (χ4n) is 4.03. The Morgan fingerprint density at radius 1 is 1.19 bits per heavy atom. The molecule has 7 nitrogen and oxygen atoms in total. The molecule has 2 aliphatic rings. The van der Waals surface area contributed by atoms with Crippen molar-refractivity contribution in [2.24, 2.45) is 0 Å². The van der Waals surface area contributed by atoms with Gasteiger partial charge >= 0.3 is 6.09 Å². The van der Waals surface area contributed by atoms with E-state index in [1.165, 1.54) is 4.90 Å². The van der Waals surface area contributed by atoms with Crippen molar-refractivity contribution in [1.82, 2.24) is 4.31 Å². The van der Waals surface area contributed by atoms with Crippen molar-refractivity contribution in [3.05, 3.63) is 34.2 Å². The molecule has 8 heteroatoms. The number of carbonyl (C=O) groups excluding carboxylic acids is 1. The van der Waals surface area contributed by atoms with E-state index in [1.54, 1.807) is 12.5 Å². The summed E-state index contributed by atoms with van der Waals surface area (Å²) in [4.78, 5) is 13.9. The number of aryl methyl sites for hydroxylation is 2. The Hall–Kier alpha value is -1.87. The molecular weight excluding hydrogens is 428 g/mol. The van der Waals surface area contributed by atoms with E-state index in [9.17, 15) is 9.00 Å². The number of carbonyl (C=O) groups is 1. The smallest absolute Gasteiger partial charge is 0.414 e. The number of anilines is 1. The molecule has 2 aliphatic heterocycles. The molecule has 3 rings (SSSR count). The van der Waals surface area contributed by atoms with Crippen LogP contribution in [0, 0.1) is 13.8 Å². The van der Waals surface area contributed by atoms with Gasteiger partial charge in [0.05, 0.1) is 13.2 Å². The first kappa shape index (κ1) is 24.8. The number of rotatable bonds is 4. The van der Waals surface area contributed by atoms with Crippen molar-refractivity contribution < 1.29 is 23.2 Å². The van der Waals surface area contributed by atoms with Crippen LogP contribution in [0.5, 0.6) is 0 Å². The van der Waals surface area contributed by atoms with Crippen LogP contribution in [0.15, 0.2) is 17.5 Å². The van der Waals surface area contributed by atoms with Gasteiger partial charge in [-0.3, -0.25) is 4.90 Å². The number of ether oxygens (including phenoxy) is 3. The van der Waals surface area contributed by atoms with E-state index in [-0.39, 0.29) is 0 Å². The highest BCUT2D eigenvalue weighted by Gasteiger charge is 2.40. The van der Waals surface area contributed by atoms with Crippen molar-refractivity contribution in [2.75, 3.05) is 38.3 Å². The van der Waals surface area contributed by atoms with Gasteiger partial charge in [0, 0.05) is 53.8 Å². The minimum Gasteiger partial charge on any atom is -0.443 e. The van der Waals surface area contributed by atoms with Gasteiger partial charge in [-0.25, -0.2) is 13.3 Å².